The number of benzene rings is 2. The van der Waals surface area contributed by atoms with Crippen LogP contribution in [0.2, 0.25) is 0 Å². The Kier molecular flexibility index (Phi) is 6.59. The standard InChI is InChI=1S/C22H29N3O3S/c1-4-11-23-29(27,28)21-15-18(9-10-20(21)25-12-5-6-13-25)22(26)24-19-14-16(2)7-8-17(19)3/h7-10,14-15,23H,4-6,11-13H2,1-3H3,(H,24,26). The number of hydrogen-bond donors (Lipinski definition) is 2. The van der Waals surface area contributed by atoms with E-state index in [1.807, 2.05) is 39.0 Å². The highest BCUT2D eigenvalue weighted by Crippen LogP contribution is 2.30. The van der Waals surface area contributed by atoms with Gasteiger partial charge in [-0.3, -0.25) is 4.79 Å². The summed E-state index contributed by atoms with van der Waals surface area (Å²) >= 11 is 0. The number of carbonyl (C=O) groups excluding carboxylic acids is 1. The van der Waals surface area contributed by atoms with Crippen LogP contribution in [0.4, 0.5) is 11.4 Å². The zero-order valence-corrected chi connectivity index (χ0v) is 18.1. The van der Waals surface area contributed by atoms with E-state index in [4.69, 9.17) is 0 Å². The molecule has 0 radical (unpaired) electrons. The molecule has 1 fully saturated rings. The Bertz CT molecular complexity index is 996. The summed E-state index contributed by atoms with van der Waals surface area (Å²) in [5.41, 5.74) is 3.71. The summed E-state index contributed by atoms with van der Waals surface area (Å²) in [6.07, 6.45) is 2.78. The van der Waals surface area contributed by atoms with Gasteiger partial charge in [0.25, 0.3) is 5.91 Å². The van der Waals surface area contributed by atoms with Gasteiger partial charge in [0.2, 0.25) is 10.0 Å². The summed E-state index contributed by atoms with van der Waals surface area (Å²) in [6, 6.07) is 10.8. The maximum absolute atomic E-state index is 12.9. The van der Waals surface area contributed by atoms with E-state index in [0.29, 0.717) is 24.2 Å². The number of nitrogens with one attached hydrogen (secondary N) is 2. The molecule has 29 heavy (non-hydrogen) atoms. The van der Waals surface area contributed by atoms with E-state index in [0.717, 1.165) is 42.7 Å². The van der Waals surface area contributed by atoms with E-state index in [1.165, 1.54) is 6.07 Å². The van der Waals surface area contributed by atoms with Gasteiger partial charge in [0.05, 0.1) is 5.69 Å². The predicted octanol–water partition coefficient (Wildman–Crippen LogP) is 3.84. The molecule has 1 saturated heterocycles. The summed E-state index contributed by atoms with van der Waals surface area (Å²) in [6.45, 7) is 7.81. The number of hydrogen-bond acceptors (Lipinski definition) is 4. The summed E-state index contributed by atoms with van der Waals surface area (Å²) in [7, 11) is -3.71. The Labute approximate surface area is 173 Å². The molecule has 7 heteroatoms. The van der Waals surface area contributed by atoms with Crippen molar-refractivity contribution in [3.8, 4) is 0 Å². The molecule has 2 aromatic rings. The van der Waals surface area contributed by atoms with Gasteiger partial charge in [-0.25, -0.2) is 13.1 Å². The SMILES string of the molecule is CCCNS(=O)(=O)c1cc(C(=O)Nc2cc(C)ccc2C)ccc1N1CCCC1. The highest BCUT2D eigenvalue weighted by molar-refractivity contribution is 7.89. The van der Waals surface area contributed by atoms with Crippen LogP contribution in [0.1, 0.15) is 47.7 Å². The van der Waals surface area contributed by atoms with Gasteiger partial charge in [-0.05, 0) is 68.5 Å². The van der Waals surface area contributed by atoms with Gasteiger partial charge in [0.15, 0.2) is 0 Å². The lowest BCUT2D eigenvalue weighted by Crippen LogP contribution is -2.28. The molecule has 0 atom stereocenters. The summed E-state index contributed by atoms with van der Waals surface area (Å²) in [4.78, 5) is 15.1. The quantitative estimate of drug-likeness (QED) is 0.720. The molecule has 2 aromatic carbocycles. The second-order valence-electron chi connectivity index (χ2n) is 7.55. The van der Waals surface area contributed by atoms with Crippen LogP contribution in [0.25, 0.3) is 0 Å². The fraction of sp³-hybridized carbons (Fsp3) is 0.409. The molecular weight excluding hydrogens is 386 g/mol. The summed E-state index contributed by atoms with van der Waals surface area (Å²) in [5, 5.41) is 2.91. The van der Waals surface area contributed by atoms with Gasteiger partial charge in [0, 0.05) is 30.9 Å². The molecule has 1 aliphatic rings. The third kappa shape index (κ3) is 4.97. The lowest BCUT2D eigenvalue weighted by atomic mass is 10.1. The molecule has 0 bridgehead atoms. The number of nitrogens with zero attached hydrogens (tertiary/aromatic N) is 1. The second-order valence-corrected chi connectivity index (χ2v) is 9.28. The van der Waals surface area contributed by atoms with Gasteiger partial charge in [-0.15, -0.1) is 0 Å². The van der Waals surface area contributed by atoms with E-state index in [-0.39, 0.29) is 10.8 Å². The van der Waals surface area contributed by atoms with Crippen molar-refractivity contribution in [1.29, 1.82) is 0 Å². The van der Waals surface area contributed by atoms with Crippen molar-refractivity contribution in [3.05, 3.63) is 53.1 Å². The zero-order chi connectivity index (χ0) is 21.0. The van der Waals surface area contributed by atoms with Crippen LogP contribution in [0.15, 0.2) is 41.3 Å². The van der Waals surface area contributed by atoms with Crippen molar-refractivity contribution in [3.63, 3.8) is 0 Å². The summed E-state index contributed by atoms with van der Waals surface area (Å²) in [5.74, 6) is -0.321. The zero-order valence-electron chi connectivity index (χ0n) is 17.3. The van der Waals surface area contributed by atoms with E-state index in [1.54, 1.807) is 12.1 Å². The van der Waals surface area contributed by atoms with Crippen molar-refractivity contribution >= 4 is 27.3 Å². The predicted molar refractivity (Wildman–Crippen MR) is 117 cm³/mol. The van der Waals surface area contributed by atoms with E-state index in [9.17, 15) is 13.2 Å². The first-order valence-electron chi connectivity index (χ1n) is 10.1. The average Bonchev–Trinajstić information content (AvgIpc) is 3.23. The van der Waals surface area contributed by atoms with Crippen LogP contribution in [0.5, 0.6) is 0 Å². The molecule has 0 aromatic heterocycles. The van der Waals surface area contributed by atoms with Crippen molar-refractivity contribution in [2.75, 3.05) is 29.9 Å². The number of amides is 1. The van der Waals surface area contributed by atoms with Crippen molar-refractivity contribution in [2.24, 2.45) is 0 Å². The smallest absolute Gasteiger partial charge is 0.255 e. The normalized spacial score (nSPS) is 14.2. The minimum atomic E-state index is -3.71. The Morgan fingerprint density at radius 2 is 1.79 bits per heavy atom. The summed E-state index contributed by atoms with van der Waals surface area (Å²) < 4.78 is 28.5. The molecule has 0 unspecified atom stereocenters. The van der Waals surface area contributed by atoms with Crippen LogP contribution in [0.3, 0.4) is 0 Å². The second kappa shape index (κ2) is 8.97. The Balaban J connectivity index is 1.96. The third-order valence-corrected chi connectivity index (χ3v) is 6.63. The monoisotopic (exact) mass is 415 g/mol. The molecular formula is C22H29N3O3S. The molecule has 1 heterocycles. The van der Waals surface area contributed by atoms with Gasteiger partial charge in [-0.2, -0.15) is 0 Å². The number of carbonyl (C=O) groups is 1. The van der Waals surface area contributed by atoms with Gasteiger partial charge >= 0.3 is 0 Å². The van der Waals surface area contributed by atoms with Crippen molar-refractivity contribution < 1.29 is 13.2 Å². The maximum atomic E-state index is 12.9. The topological polar surface area (TPSA) is 78.5 Å². The van der Waals surface area contributed by atoms with E-state index >= 15 is 0 Å². The van der Waals surface area contributed by atoms with Crippen LogP contribution < -0.4 is 14.9 Å². The first-order chi connectivity index (χ1) is 13.8. The van der Waals surface area contributed by atoms with Gasteiger partial charge in [-0.1, -0.05) is 19.1 Å². The van der Waals surface area contributed by atoms with Crippen LogP contribution in [-0.4, -0.2) is 34.0 Å². The molecule has 0 aliphatic carbocycles. The highest BCUT2D eigenvalue weighted by atomic mass is 32.2. The minimum Gasteiger partial charge on any atom is -0.370 e. The highest BCUT2D eigenvalue weighted by Gasteiger charge is 2.25. The molecule has 0 saturated carbocycles. The fourth-order valence-corrected chi connectivity index (χ4v) is 4.85. The third-order valence-electron chi connectivity index (χ3n) is 5.14. The molecule has 0 spiro atoms. The van der Waals surface area contributed by atoms with E-state index < -0.39 is 10.0 Å². The lowest BCUT2D eigenvalue weighted by Gasteiger charge is -2.22. The molecule has 3 rings (SSSR count). The Morgan fingerprint density at radius 3 is 2.48 bits per heavy atom. The van der Waals surface area contributed by atoms with Crippen molar-refractivity contribution in [1.82, 2.24) is 4.72 Å². The van der Waals surface area contributed by atoms with E-state index in [2.05, 4.69) is 14.9 Å². The van der Waals surface area contributed by atoms with Crippen LogP contribution in [0, 0.1) is 13.8 Å². The minimum absolute atomic E-state index is 0.168. The molecule has 2 N–H and O–H groups in total. The lowest BCUT2D eigenvalue weighted by molar-refractivity contribution is 0.102. The molecule has 156 valence electrons. The largest absolute Gasteiger partial charge is 0.370 e. The number of anilines is 2. The van der Waals surface area contributed by atoms with Crippen LogP contribution in [-0.2, 0) is 10.0 Å². The van der Waals surface area contributed by atoms with Crippen LogP contribution >= 0.6 is 0 Å². The first kappa shape index (κ1) is 21.3. The van der Waals surface area contributed by atoms with Gasteiger partial charge < -0.3 is 10.2 Å². The van der Waals surface area contributed by atoms with Gasteiger partial charge in [0.1, 0.15) is 4.90 Å². The maximum Gasteiger partial charge on any atom is 0.255 e. The molecule has 1 aliphatic heterocycles. The molecule has 1 amide bonds. The average molecular weight is 416 g/mol. The number of sulfonamides is 1. The number of aryl methyl sites for hydroxylation is 2. The fourth-order valence-electron chi connectivity index (χ4n) is 3.47. The van der Waals surface area contributed by atoms with Crippen molar-refractivity contribution in [2.45, 2.75) is 44.9 Å². The Hall–Kier alpha value is -2.38. The molecule has 6 nitrogen and oxygen atoms in total. The Morgan fingerprint density at radius 1 is 1.07 bits per heavy atom. The number of rotatable bonds is 7. The first-order valence-corrected chi connectivity index (χ1v) is 11.6.